The summed E-state index contributed by atoms with van der Waals surface area (Å²) in [5, 5.41) is 6.74. The second-order valence-corrected chi connectivity index (χ2v) is 7.74. The predicted octanol–water partition coefficient (Wildman–Crippen LogP) is 4.24. The standard InChI is InChI=1S/C18H36N2O2/c1-6-7-10-14(2)20-16-12-9-8-11-15(16)13-19-17(21)22-18(3,4)5/h14-16,20H,6-13H2,1-5H3,(H,19,21). The molecule has 22 heavy (non-hydrogen) atoms. The van der Waals surface area contributed by atoms with E-state index in [-0.39, 0.29) is 6.09 Å². The van der Waals surface area contributed by atoms with Crippen LogP contribution in [0.2, 0.25) is 0 Å². The van der Waals surface area contributed by atoms with Gasteiger partial charge in [-0.3, -0.25) is 0 Å². The van der Waals surface area contributed by atoms with Crippen molar-refractivity contribution in [2.24, 2.45) is 5.92 Å². The number of unbranched alkanes of at least 4 members (excludes halogenated alkanes) is 1. The smallest absolute Gasteiger partial charge is 0.407 e. The molecular formula is C18H36N2O2. The van der Waals surface area contributed by atoms with Gasteiger partial charge < -0.3 is 15.4 Å². The number of ether oxygens (including phenoxy) is 1. The summed E-state index contributed by atoms with van der Waals surface area (Å²) in [5.41, 5.74) is -0.428. The lowest BCUT2D eigenvalue weighted by Gasteiger charge is -2.34. The zero-order valence-corrected chi connectivity index (χ0v) is 15.2. The first-order valence-electron chi connectivity index (χ1n) is 9.04. The van der Waals surface area contributed by atoms with Gasteiger partial charge in [0, 0.05) is 18.6 Å². The lowest BCUT2D eigenvalue weighted by Crippen LogP contribution is -2.47. The Labute approximate surface area is 136 Å². The van der Waals surface area contributed by atoms with E-state index in [1.807, 2.05) is 20.8 Å². The fourth-order valence-electron chi connectivity index (χ4n) is 3.16. The second kappa shape index (κ2) is 9.39. The van der Waals surface area contributed by atoms with Crippen molar-refractivity contribution in [3.05, 3.63) is 0 Å². The third-order valence-corrected chi connectivity index (χ3v) is 4.31. The molecular weight excluding hydrogens is 276 g/mol. The summed E-state index contributed by atoms with van der Waals surface area (Å²) in [7, 11) is 0. The molecule has 1 aliphatic rings. The highest BCUT2D eigenvalue weighted by Gasteiger charge is 2.27. The van der Waals surface area contributed by atoms with E-state index in [9.17, 15) is 4.79 Å². The highest BCUT2D eigenvalue weighted by molar-refractivity contribution is 5.67. The average Bonchev–Trinajstić information content (AvgIpc) is 2.42. The normalized spacial score (nSPS) is 23.9. The molecule has 0 aromatic heterocycles. The van der Waals surface area contributed by atoms with Crippen molar-refractivity contribution in [2.45, 2.75) is 97.2 Å². The van der Waals surface area contributed by atoms with E-state index >= 15 is 0 Å². The number of amides is 1. The summed E-state index contributed by atoms with van der Waals surface area (Å²) in [6.45, 7) is 10.9. The zero-order chi connectivity index (χ0) is 16.6. The fourth-order valence-corrected chi connectivity index (χ4v) is 3.16. The van der Waals surface area contributed by atoms with Crippen LogP contribution in [0.3, 0.4) is 0 Å². The van der Waals surface area contributed by atoms with Crippen molar-refractivity contribution in [3.8, 4) is 0 Å². The number of carbonyl (C=O) groups excluding carboxylic acids is 1. The number of nitrogens with one attached hydrogen (secondary N) is 2. The number of alkyl carbamates (subject to hydrolysis) is 1. The number of carbonyl (C=O) groups is 1. The van der Waals surface area contributed by atoms with E-state index in [1.165, 1.54) is 44.9 Å². The number of hydrogen-bond acceptors (Lipinski definition) is 3. The van der Waals surface area contributed by atoms with Crippen molar-refractivity contribution in [1.29, 1.82) is 0 Å². The molecule has 0 saturated heterocycles. The Kier molecular flexibility index (Phi) is 8.23. The summed E-state index contributed by atoms with van der Waals surface area (Å²) in [5.74, 6) is 0.519. The predicted molar refractivity (Wildman–Crippen MR) is 92.1 cm³/mol. The molecule has 0 aromatic carbocycles. The molecule has 0 spiro atoms. The average molecular weight is 312 g/mol. The number of hydrogen-bond donors (Lipinski definition) is 2. The molecule has 0 bridgehead atoms. The molecule has 0 aliphatic heterocycles. The molecule has 4 nitrogen and oxygen atoms in total. The molecule has 3 unspecified atom stereocenters. The topological polar surface area (TPSA) is 50.4 Å². The lowest BCUT2D eigenvalue weighted by molar-refractivity contribution is 0.0510. The van der Waals surface area contributed by atoms with Crippen LogP contribution < -0.4 is 10.6 Å². The van der Waals surface area contributed by atoms with Gasteiger partial charge in [0.2, 0.25) is 0 Å². The Balaban J connectivity index is 2.39. The fraction of sp³-hybridized carbons (Fsp3) is 0.944. The summed E-state index contributed by atoms with van der Waals surface area (Å²) in [6.07, 6.45) is 8.44. The quantitative estimate of drug-likeness (QED) is 0.739. The van der Waals surface area contributed by atoms with Crippen molar-refractivity contribution >= 4 is 6.09 Å². The first-order valence-corrected chi connectivity index (χ1v) is 9.04. The van der Waals surface area contributed by atoms with Crippen LogP contribution in [0.15, 0.2) is 0 Å². The largest absolute Gasteiger partial charge is 0.444 e. The van der Waals surface area contributed by atoms with Crippen LogP contribution in [0.25, 0.3) is 0 Å². The van der Waals surface area contributed by atoms with E-state index in [0.717, 1.165) is 0 Å². The second-order valence-electron chi connectivity index (χ2n) is 7.74. The summed E-state index contributed by atoms with van der Waals surface area (Å²) in [4.78, 5) is 11.8. The molecule has 130 valence electrons. The minimum absolute atomic E-state index is 0.296. The van der Waals surface area contributed by atoms with Crippen molar-refractivity contribution in [2.75, 3.05) is 6.54 Å². The van der Waals surface area contributed by atoms with E-state index in [4.69, 9.17) is 4.74 Å². The van der Waals surface area contributed by atoms with Gasteiger partial charge in [0.25, 0.3) is 0 Å². The molecule has 1 amide bonds. The van der Waals surface area contributed by atoms with Crippen molar-refractivity contribution in [1.82, 2.24) is 10.6 Å². The third-order valence-electron chi connectivity index (χ3n) is 4.31. The van der Waals surface area contributed by atoms with Crippen molar-refractivity contribution in [3.63, 3.8) is 0 Å². The van der Waals surface area contributed by atoms with E-state index in [1.54, 1.807) is 0 Å². The molecule has 0 aromatic rings. The van der Waals surface area contributed by atoms with Gasteiger partial charge in [-0.2, -0.15) is 0 Å². The van der Waals surface area contributed by atoms with Crippen LogP contribution in [-0.2, 0) is 4.74 Å². The van der Waals surface area contributed by atoms with E-state index in [2.05, 4.69) is 24.5 Å². The van der Waals surface area contributed by atoms with Crippen LogP contribution in [0, 0.1) is 5.92 Å². The molecule has 0 heterocycles. The summed E-state index contributed by atoms with van der Waals surface area (Å²) in [6, 6.07) is 1.09. The molecule has 4 heteroatoms. The maximum atomic E-state index is 11.8. The molecule has 0 radical (unpaired) electrons. The Morgan fingerprint density at radius 1 is 1.27 bits per heavy atom. The Hall–Kier alpha value is -0.770. The molecule has 3 atom stereocenters. The van der Waals surface area contributed by atoms with Gasteiger partial charge in [-0.1, -0.05) is 32.6 Å². The van der Waals surface area contributed by atoms with Crippen LogP contribution in [0.4, 0.5) is 4.79 Å². The minimum Gasteiger partial charge on any atom is -0.444 e. The van der Waals surface area contributed by atoms with Gasteiger partial charge in [-0.05, 0) is 52.9 Å². The highest BCUT2D eigenvalue weighted by atomic mass is 16.6. The Morgan fingerprint density at radius 2 is 1.95 bits per heavy atom. The Bertz CT molecular complexity index is 326. The van der Waals surface area contributed by atoms with Gasteiger partial charge in [0.1, 0.15) is 5.60 Å². The van der Waals surface area contributed by atoms with E-state index < -0.39 is 5.60 Å². The van der Waals surface area contributed by atoms with Crippen LogP contribution in [0.5, 0.6) is 0 Å². The van der Waals surface area contributed by atoms with Gasteiger partial charge >= 0.3 is 6.09 Å². The molecule has 1 fully saturated rings. The first kappa shape index (κ1) is 19.3. The van der Waals surface area contributed by atoms with Crippen molar-refractivity contribution < 1.29 is 9.53 Å². The molecule has 1 aliphatic carbocycles. The first-order chi connectivity index (χ1) is 10.3. The van der Waals surface area contributed by atoms with Gasteiger partial charge in [-0.25, -0.2) is 4.79 Å². The highest BCUT2D eigenvalue weighted by Crippen LogP contribution is 2.25. The van der Waals surface area contributed by atoms with Crippen LogP contribution in [-0.4, -0.2) is 30.3 Å². The van der Waals surface area contributed by atoms with Crippen LogP contribution >= 0.6 is 0 Å². The molecule has 1 saturated carbocycles. The summed E-state index contributed by atoms with van der Waals surface area (Å²) >= 11 is 0. The maximum Gasteiger partial charge on any atom is 0.407 e. The van der Waals surface area contributed by atoms with Crippen LogP contribution in [0.1, 0.15) is 79.6 Å². The monoisotopic (exact) mass is 312 g/mol. The Morgan fingerprint density at radius 3 is 2.59 bits per heavy atom. The third kappa shape index (κ3) is 8.02. The molecule has 2 N–H and O–H groups in total. The summed E-state index contributed by atoms with van der Waals surface area (Å²) < 4.78 is 5.33. The van der Waals surface area contributed by atoms with E-state index in [0.29, 0.717) is 24.5 Å². The maximum absolute atomic E-state index is 11.8. The van der Waals surface area contributed by atoms with Gasteiger partial charge in [0.15, 0.2) is 0 Å². The minimum atomic E-state index is -0.428. The SMILES string of the molecule is CCCCC(C)NC1CCCCC1CNC(=O)OC(C)(C)C. The van der Waals surface area contributed by atoms with Gasteiger partial charge in [-0.15, -0.1) is 0 Å². The number of rotatable bonds is 7. The molecule has 1 rings (SSSR count). The van der Waals surface area contributed by atoms with Gasteiger partial charge in [0.05, 0.1) is 0 Å². The zero-order valence-electron chi connectivity index (χ0n) is 15.2. The lowest BCUT2D eigenvalue weighted by atomic mass is 9.84.